The minimum atomic E-state index is -0.0191. The summed E-state index contributed by atoms with van der Waals surface area (Å²) in [5.74, 6) is 0.202. The van der Waals surface area contributed by atoms with Crippen molar-refractivity contribution in [3.05, 3.63) is 0 Å². The Morgan fingerprint density at radius 3 is 2.33 bits per heavy atom. The average Bonchev–Trinajstić information content (AvgIpc) is 2.03. The standard InChI is InChI=1S/C9H16Br2O/c1-3-4-5-6-8(10)9(11)7(2)12/h8-9H,3-6H2,1-2H3/t8-,9+/m0/s1. The Labute approximate surface area is 91.6 Å². The minimum absolute atomic E-state index is 0.0191. The molecule has 0 aromatic carbocycles. The van der Waals surface area contributed by atoms with Gasteiger partial charge in [-0.05, 0) is 13.3 Å². The van der Waals surface area contributed by atoms with Crippen LogP contribution in [-0.4, -0.2) is 15.4 Å². The monoisotopic (exact) mass is 298 g/mol. The van der Waals surface area contributed by atoms with E-state index < -0.39 is 0 Å². The first-order valence-electron chi connectivity index (χ1n) is 4.38. The van der Waals surface area contributed by atoms with Crippen molar-refractivity contribution < 1.29 is 4.79 Å². The number of carbonyl (C=O) groups excluding carboxylic acids is 1. The zero-order chi connectivity index (χ0) is 9.56. The SMILES string of the molecule is CCCCC[C@H](Br)[C@H](Br)C(C)=O. The lowest BCUT2D eigenvalue weighted by molar-refractivity contribution is -0.116. The summed E-state index contributed by atoms with van der Waals surface area (Å²) < 4.78 is 0. The molecule has 0 saturated carbocycles. The molecule has 0 N–H and O–H groups in total. The number of alkyl halides is 2. The van der Waals surface area contributed by atoms with Gasteiger partial charge in [-0.1, -0.05) is 58.0 Å². The molecule has 0 heterocycles. The molecular weight excluding hydrogens is 284 g/mol. The molecule has 0 aromatic rings. The van der Waals surface area contributed by atoms with E-state index in [2.05, 4.69) is 38.8 Å². The largest absolute Gasteiger partial charge is 0.299 e. The third-order valence-electron chi connectivity index (χ3n) is 1.79. The normalized spacial score (nSPS) is 15.7. The fraction of sp³-hybridized carbons (Fsp3) is 0.889. The minimum Gasteiger partial charge on any atom is -0.299 e. The zero-order valence-corrected chi connectivity index (χ0v) is 10.8. The molecule has 0 radical (unpaired) electrons. The van der Waals surface area contributed by atoms with E-state index in [4.69, 9.17) is 0 Å². The first-order valence-corrected chi connectivity index (χ1v) is 6.21. The number of Topliss-reactive ketones (excluding diaryl/α,β-unsaturated/α-hetero) is 1. The number of carbonyl (C=O) groups is 1. The van der Waals surface area contributed by atoms with E-state index >= 15 is 0 Å². The number of rotatable bonds is 6. The molecule has 0 spiro atoms. The highest BCUT2D eigenvalue weighted by atomic mass is 79.9. The molecule has 0 aliphatic heterocycles. The molecule has 0 aliphatic rings. The van der Waals surface area contributed by atoms with Crippen molar-refractivity contribution in [2.75, 3.05) is 0 Å². The first kappa shape index (κ1) is 12.6. The van der Waals surface area contributed by atoms with E-state index in [9.17, 15) is 4.79 Å². The van der Waals surface area contributed by atoms with E-state index in [1.165, 1.54) is 19.3 Å². The lowest BCUT2D eigenvalue weighted by atomic mass is 10.1. The molecule has 3 heteroatoms. The second-order valence-corrected chi connectivity index (χ2v) is 5.19. The van der Waals surface area contributed by atoms with Gasteiger partial charge in [0.25, 0.3) is 0 Å². The van der Waals surface area contributed by atoms with E-state index in [-0.39, 0.29) is 10.6 Å². The maximum absolute atomic E-state index is 10.9. The van der Waals surface area contributed by atoms with Gasteiger partial charge in [-0.3, -0.25) is 4.79 Å². The molecular formula is C9H16Br2O. The zero-order valence-electron chi connectivity index (χ0n) is 7.65. The maximum Gasteiger partial charge on any atom is 0.144 e. The highest BCUT2D eigenvalue weighted by Gasteiger charge is 2.18. The number of halogens is 2. The van der Waals surface area contributed by atoms with E-state index in [1.807, 2.05) is 0 Å². The van der Waals surface area contributed by atoms with Crippen LogP contribution in [0.1, 0.15) is 39.5 Å². The van der Waals surface area contributed by atoms with Gasteiger partial charge in [0.2, 0.25) is 0 Å². The lowest BCUT2D eigenvalue weighted by Gasteiger charge is -2.13. The number of hydrogen-bond acceptors (Lipinski definition) is 1. The van der Waals surface area contributed by atoms with Crippen LogP contribution in [0.3, 0.4) is 0 Å². The molecule has 0 amide bonds. The second kappa shape index (κ2) is 7.07. The average molecular weight is 300 g/mol. The van der Waals surface area contributed by atoms with Crippen molar-refractivity contribution >= 4 is 37.6 Å². The third kappa shape index (κ3) is 5.31. The highest BCUT2D eigenvalue weighted by molar-refractivity contribution is 9.12. The summed E-state index contributed by atoms with van der Waals surface area (Å²) in [6.45, 7) is 3.80. The fourth-order valence-electron chi connectivity index (χ4n) is 0.990. The lowest BCUT2D eigenvalue weighted by Crippen LogP contribution is -2.21. The van der Waals surface area contributed by atoms with Crippen LogP contribution in [0.2, 0.25) is 0 Å². The van der Waals surface area contributed by atoms with Crippen molar-refractivity contribution in [1.82, 2.24) is 0 Å². The summed E-state index contributed by atoms with van der Waals surface area (Å²) in [5.41, 5.74) is 0. The Hall–Kier alpha value is 0.630. The van der Waals surface area contributed by atoms with Crippen LogP contribution >= 0.6 is 31.9 Å². The smallest absolute Gasteiger partial charge is 0.144 e. The van der Waals surface area contributed by atoms with Gasteiger partial charge in [0.1, 0.15) is 5.78 Å². The van der Waals surface area contributed by atoms with E-state index in [0.717, 1.165) is 6.42 Å². The summed E-state index contributed by atoms with van der Waals surface area (Å²) in [4.78, 5) is 11.2. The molecule has 2 atom stereocenters. The van der Waals surface area contributed by atoms with Crippen LogP contribution in [0, 0.1) is 0 Å². The molecule has 0 aromatic heterocycles. The van der Waals surface area contributed by atoms with Crippen LogP contribution in [0.15, 0.2) is 0 Å². The molecule has 12 heavy (non-hydrogen) atoms. The van der Waals surface area contributed by atoms with Crippen LogP contribution in [0.4, 0.5) is 0 Å². The Morgan fingerprint density at radius 2 is 1.92 bits per heavy atom. The van der Waals surface area contributed by atoms with Gasteiger partial charge in [0.05, 0.1) is 4.83 Å². The van der Waals surface area contributed by atoms with E-state index in [0.29, 0.717) is 4.83 Å². The van der Waals surface area contributed by atoms with Crippen LogP contribution in [-0.2, 0) is 4.79 Å². The Balaban J connectivity index is 3.56. The molecule has 0 fully saturated rings. The van der Waals surface area contributed by atoms with Crippen molar-refractivity contribution in [3.8, 4) is 0 Å². The Morgan fingerprint density at radius 1 is 1.33 bits per heavy atom. The quantitative estimate of drug-likeness (QED) is 0.540. The van der Waals surface area contributed by atoms with Crippen molar-refractivity contribution in [2.45, 2.75) is 49.2 Å². The molecule has 0 unspecified atom stereocenters. The molecule has 1 nitrogen and oxygen atoms in total. The third-order valence-corrected chi connectivity index (χ3v) is 4.77. The summed E-state index contributed by atoms with van der Waals surface area (Å²) in [7, 11) is 0. The molecule has 0 aliphatic carbocycles. The van der Waals surface area contributed by atoms with Gasteiger partial charge in [0, 0.05) is 4.83 Å². The van der Waals surface area contributed by atoms with E-state index in [1.54, 1.807) is 6.92 Å². The Bertz CT molecular complexity index is 136. The fourth-order valence-corrected chi connectivity index (χ4v) is 1.95. The number of hydrogen-bond donors (Lipinski definition) is 0. The molecule has 0 saturated heterocycles. The molecule has 0 bridgehead atoms. The van der Waals surface area contributed by atoms with Crippen LogP contribution in [0.5, 0.6) is 0 Å². The first-order chi connectivity index (χ1) is 5.59. The molecule has 72 valence electrons. The number of unbranched alkanes of at least 4 members (excludes halogenated alkanes) is 2. The summed E-state index contributed by atoms with van der Waals surface area (Å²) in [6.07, 6.45) is 4.75. The van der Waals surface area contributed by atoms with Gasteiger partial charge in [-0.2, -0.15) is 0 Å². The van der Waals surface area contributed by atoms with Gasteiger partial charge in [-0.15, -0.1) is 0 Å². The second-order valence-electron chi connectivity index (χ2n) is 3.02. The van der Waals surface area contributed by atoms with Crippen molar-refractivity contribution in [2.24, 2.45) is 0 Å². The summed E-state index contributed by atoms with van der Waals surface area (Å²) in [6, 6.07) is 0. The van der Waals surface area contributed by atoms with Crippen LogP contribution in [0.25, 0.3) is 0 Å². The van der Waals surface area contributed by atoms with Crippen molar-refractivity contribution in [1.29, 1.82) is 0 Å². The highest BCUT2D eigenvalue weighted by Crippen LogP contribution is 2.21. The summed E-state index contributed by atoms with van der Waals surface area (Å²) >= 11 is 6.87. The van der Waals surface area contributed by atoms with Gasteiger partial charge in [0.15, 0.2) is 0 Å². The van der Waals surface area contributed by atoms with Crippen LogP contribution < -0.4 is 0 Å². The molecule has 0 rings (SSSR count). The predicted molar refractivity (Wildman–Crippen MR) is 60.3 cm³/mol. The number of ketones is 1. The predicted octanol–water partition coefficient (Wildman–Crippen LogP) is 3.68. The summed E-state index contributed by atoms with van der Waals surface area (Å²) in [5, 5.41) is 0. The van der Waals surface area contributed by atoms with Crippen molar-refractivity contribution in [3.63, 3.8) is 0 Å². The van der Waals surface area contributed by atoms with Gasteiger partial charge < -0.3 is 0 Å². The Kier molecular flexibility index (Phi) is 7.45. The van der Waals surface area contributed by atoms with Gasteiger partial charge >= 0.3 is 0 Å². The topological polar surface area (TPSA) is 17.1 Å². The maximum atomic E-state index is 10.9. The van der Waals surface area contributed by atoms with Gasteiger partial charge in [-0.25, -0.2) is 0 Å².